The van der Waals surface area contributed by atoms with Gasteiger partial charge >= 0.3 is 6.03 Å². The lowest BCUT2D eigenvalue weighted by Gasteiger charge is -2.08. The maximum Gasteiger partial charge on any atom is 0.319 e. The number of anilines is 2. The summed E-state index contributed by atoms with van der Waals surface area (Å²) in [5.41, 5.74) is 7.76. The number of halogens is 2. The van der Waals surface area contributed by atoms with E-state index in [1.807, 2.05) is 0 Å². The van der Waals surface area contributed by atoms with E-state index in [9.17, 15) is 14.0 Å². The highest BCUT2D eigenvalue weighted by atomic mass is 35.5. The molecule has 9 nitrogen and oxygen atoms in total. The van der Waals surface area contributed by atoms with Gasteiger partial charge in [0, 0.05) is 25.4 Å². The monoisotopic (exact) mass is 417 g/mol. The average Bonchev–Trinajstić information content (AvgIpc) is 3.20. The third-order valence-corrected chi connectivity index (χ3v) is 4.21. The SMILES string of the molecule is CNC(=O)Nc1cnc(N)nc1-c1c[nH]c(C(=O)NCc2ccc(F)c(Cl)c2)c1. The molecule has 3 aromatic rings. The molecule has 0 aliphatic rings. The lowest BCUT2D eigenvalue weighted by atomic mass is 10.2. The van der Waals surface area contributed by atoms with Gasteiger partial charge in [0.1, 0.15) is 17.2 Å². The molecule has 2 heterocycles. The van der Waals surface area contributed by atoms with E-state index in [4.69, 9.17) is 17.3 Å². The molecule has 0 unspecified atom stereocenters. The van der Waals surface area contributed by atoms with Crippen molar-refractivity contribution in [3.05, 3.63) is 58.8 Å². The highest BCUT2D eigenvalue weighted by molar-refractivity contribution is 6.30. The number of nitrogens with zero attached hydrogens (tertiary/aromatic N) is 2. The molecule has 29 heavy (non-hydrogen) atoms. The number of nitrogen functional groups attached to an aromatic ring is 1. The Morgan fingerprint density at radius 3 is 2.83 bits per heavy atom. The van der Waals surface area contributed by atoms with Crippen LogP contribution in [0.15, 0.2) is 36.7 Å². The van der Waals surface area contributed by atoms with Crippen LogP contribution in [0.5, 0.6) is 0 Å². The van der Waals surface area contributed by atoms with Crippen molar-refractivity contribution >= 4 is 35.2 Å². The molecule has 11 heteroatoms. The topological polar surface area (TPSA) is 138 Å². The molecule has 3 rings (SSSR count). The number of aromatic amines is 1. The van der Waals surface area contributed by atoms with Crippen LogP contribution in [-0.2, 0) is 6.54 Å². The summed E-state index contributed by atoms with van der Waals surface area (Å²) < 4.78 is 13.2. The van der Waals surface area contributed by atoms with Crippen molar-refractivity contribution in [2.45, 2.75) is 6.54 Å². The number of nitrogens with two attached hydrogens (primary N) is 1. The molecule has 2 aromatic heterocycles. The standard InChI is InChI=1S/C18H17ClFN7O2/c1-22-18(29)26-14-8-25-17(21)27-15(14)10-5-13(23-7-10)16(28)24-6-9-2-3-12(20)11(19)4-9/h2-5,7-8,23H,6H2,1H3,(H,24,28)(H2,21,25,27)(H2,22,26,29). The number of hydrogen-bond acceptors (Lipinski definition) is 5. The fraction of sp³-hybridized carbons (Fsp3) is 0.111. The lowest BCUT2D eigenvalue weighted by molar-refractivity contribution is 0.0946. The first-order chi connectivity index (χ1) is 13.9. The molecule has 0 atom stereocenters. The smallest absolute Gasteiger partial charge is 0.319 e. The van der Waals surface area contributed by atoms with E-state index in [1.165, 1.54) is 31.4 Å². The van der Waals surface area contributed by atoms with E-state index in [0.29, 0.717) is 22.5 Å². The van der Waals surface area contributed by atoms with Gasteiger partial charge in [0.2, 0.25) is 5.95 Å². The molecule has 1 aromatic carbocycles. The Morgan fingerprint density at radius 2 is 2.10 bits per heavy atom. The van der Waals surface area contributed by atoms with Gasteiger partial charge in [-0.2, -0.15) is 0 Å². The Hall–Kier alpha value is -3.66. The maximum absolute atomic E-state index is 13.2. The fourth-order valence-corrected chi connectivity index (χ4v) is 2.68. The summed E-state index contributed by atoms with van der Waals surface area (Å²) >= 11 is 5.74. The maximum atomic E-state index is 13.2. The molecular formula is C18H17ClFN7O2. The van der Waals surface area contributed by atoms with Crippen molar-refractivity contribution in [3.8, 4) is 11.3 Å². The second kappa shape index (κ2) is 8.57. The van der Waals surface area contributed by atoms with Gasteiger partial charge in [0.15, 0.2) is 0 Å². The van der Waals surface area contributed by atoms with E-state index in [1.54, 1.807) is 12.3 Å². The van der Waals surface area contributed by atoms with Crippen LogP contribution in [0.2, 0.25) is 5.02 Å². The second-order valence-electron chi connectivity index (χ2n) is 5.93. The van der Waals surface area contributed by atoms with Crippen LogP contribution in [0.1, 0.15) is 16.1 Å². The number of aromatic nitrogens is 3. The van der Waals surface area contributed by atoms with Gasteiger partial charge in [-0.1, -0.05) is 17.7 Å². The van der Waals surface area contributed by atoms with Crippen molar-refractivity contribution in [1.29, 1.82) is 0 Å². The summed E-state index contributed by atoms with van der Waals surface area (Å²) in [6.07, 6.45) is 2.93. The first kappa shape index (κ1) is 20.1. The van der Waals surface area contributed by atoms with Gasteiger partial charge in [0.25, 0.3) is 5.91 Å². The fourth-order valence-electron chi connectivity index (χ4n) is 2.48. The van der Waals surface area contributed by atoms with Gasteiger partial charge < -0.3 is 26.7 Å². The Balaban J connectivity index is 1.76. The normalized spacial score (nSPS) is 10.4. The quantitative estimate of drug-likeness (QED) is 0.434. The van der Waals surface area contributed by atoms with Crippen LogP contribution < -0.4 is 21.7 Å². The number of carbonyl (C=O) groups excluding carboxylic acids is 2. The molecule has 0 aliphatic heterocycles. The third-order valence-electron chi connectivity index (χ3n) is 3.92. The zero-order chi connectivity index (χ0) is 21.0. The molecule has 0 radical (unpaired) electrons. The molecule has 0 saturated carbocycles. The Bertz CT molecular complexity index is 1070. The van der Waals surface area contributed by atoms with Crippen molar-refractivity contribution in [2.24, 2.45) is 0 Å². The minimum atomic E-state index is -0.527. The predicted octanol–water partition coefficient (Wildman–Crippen LogP) is 2.53. The van der Waals surface area contributed by atoms with E-state index < -0.39 is 11.8 Å². The number of urea groups is 1. The highest BCUT2D eigenvalue weighted by Crippen LogP contribution is 2.26. The van der Waals surface area contributed by atoms with Crippen molar-refractivity contribution in [3.63, 3.8) is 0 Å². The molecular weight excluding hydrogens is 401 g/mol. The molecule has 3 amide bonds. The third kappa shape index (κ3) is 4.79. The summed E-state index contributed by atoms with van der Waals surface area (Å²) in [4.78, 5) is 34.9. The predicted molar refractivity (Wildman–Crippen MR) is 107 cm³/mol. The summed E-state index contributed by atoms with van der Waals surface area (Å²) in [7, 11) is 1.47. The molecule has 150 valence electrons. The van der Waals surface area contributed by atoms with Crippen LogP contribution >= 0.6 is 11.6 Å². The Labute approximate surface area is 169 Å². The van der Waals surface area contributed by atoms with E-state index >= 15 is 0 Å². The number of rotatable bonds is 5. The summed E-state index contributed by atoms with van der Waals surface area (Å²) in [5, 5.41) is 7.71. The van der Waals surface area contributed by atoms with Crippen LogP contribution in [0.3, 0.4) is 0 Å². The minimum absolute atomic E-state index is 0.0165. The van der Waals surface area contributed by atoms with E-state index in [2.05, 4.69) is 30.9 Å². The van der Waals surface area contributed by atoms with Gasteiger partial charge in [-0.15, -0.1) is 0 Å². The van der Waals surface area contributed by atoms with E-state index in [0.717, 1.165) is 0 Å². The number of amides is 3. The molecule has 0 aliphatic carbocycles. The van der Waals surface area contributed by atoms with Crippen LogP contribution in [0.25, 0.3) is 11.3 Å². The first-order valence-electron chi connectivity index (χ1n) is 8.39. The number of hydrogen-bond donors (Lipinski definition) is 5. The first-order valence-corrected chi connectivity index (χ1v) is 8.77. The summed E-state index contributed by atoms with van der Waals surface area (Å²) in [6.45, 7) is 0.164. The van der Waals surface area contributed by atoms with Crippen molar-refractivity contribution < 1.29 is 14.0 Å². The zero-order valence-electron chi connectivity index (χ0n) is 15.2. The number of nitrogens with one attached hydrogen (secondary N) is 4. The molecule has 0 bridgehead atoms. The second-order valence-corrected chi connectivity index (χ2v) is 6.33. The molecule has 6 N–H and O–H groups in total. The van der Waals surface area contributed by atoms with Crippen molar-refractivity contribution in [1.82, 2.24) is 25.6 Å². The summed E-state index contributed by atoms with van der Waals surface area (Å²) in [6, 6.07) is 5.31. The molecule has 0 spiro atoms. The highest BCUT2D eigenvalue weighted by Gasteiger charge is 2.15. The van der Waals surface area contributed by atoms with Gasteiger partial charge in [-0.3, -0.25) is 4.79 Å². The number of carbonyl (C=O) groups is 2. The van der Waals surface area contributed by atoms with Crippen molar-refractivity contribution in [2.75, 3.05) is 18.1 Å². The lowest BCUT2D eigenvalue weighted by Crippen LogP contribution is -2.25. The van der Waals surface area contributed by atoms with Gasteiger partial charge in [-0.25, -0.2) is 19.2 Å². The Morgan fingerprint density at radius 1 is 1.31 bits per heavy atom. The van der Waals surface area contributed by atoms with Crippen LogP contribution in [-0.4, -0.2) is 33.9 Å². The number of H-pyrrole nitrogens is 1. The minimum Gasteiger partial charge on any atom is -0.368 e. The zero-order valence-corrected chi connectivity index (χ0v) is 16.0. The number of benzene rings is 1. The Kier molecular flexibility index (Phi) is 5.93. The molecule has 0 saturated heterocycles. The summed E-state index contributed by atoms with van der Waals surface area (Å²) in [5.74, 6) is -0.900. The average molecular weight is 418 g/mol. The largest absolute Gasteiger partial charge is 0.368 e. The van der Waals surface area contributed by atoms with Gasteiger partial charge in [0.05, 0.1) is 16.9 Å². The van der Waals surface area contributed by atoms with Crippen LogP contribution in [0.4, 0.5) is 20.8 Å². The van der Waals surface area contributed by atoms with Crippen LogP contribution in [0, 0.1) is 5.82 Å². The van der Waals surface area contributed by atoms with Gasteiger partial charge in [-0.05, 0) is 23.8 Å². The molecule has 0 fully saturated rings. The van der Waals surface area contributed by atoms with E-state index in [-0.39, 0.29) is 29.1 Å².